The Labute approximate surface area is 184 Å². The van der Waals surface area contributed by atoms with Gasteiger partial charge in [0, 0.05) is 19.6 Å². The first kappa shape index (κ1) is 23.1. The number of hydrogen-bond acceptors (Lipinski definition) is 5. The van der Waals surface area contributed by atoms with Crippen molar-refractivity contribution >= 4 is 15.9 Å². The van der Waals surface area contributed by atoms with E-state index >= 15 is 0 Å². The van der Waals surface area contributed by atoms with E-state index in [1.165, 1.54) is 0 Å². The molecule has 1 aliphatic heterocycles. The minimum atomic E-state index is -3.68. The highest BCUT2D eigenvalue weighted by Crippen LogP contribution is 2.26. The molecule has 168 valence electrons. The number of sulfonamides is 1. The van der Waals surface area contributed by atoms with E-state index in [1.807, 2.05) is 50.2 Å². The SMILES string of the molecule is CCOc1ccc(C)cc1S(=O)(=O)NCC1CCN(C(=O)COc2ccccc2)CC1. The second-order valence-electron chi connectivity index (χ2n) is 7.66. The molecule has 1 aliphatic rings. The van der Waals surface area contributed by atoms with Gasteiger partial charge in [-0.15, -0.1) is 0 Å². The van der Waals surface area contributed by atoms with E-state index in [1.54, 1.807) is 17.0 Å². The number of carbonyl (C=O) groups excluding carboxylic acids is 1. The van der Waals surface area contributed by atoms with Crippen molar-refractivity contribution in [3.63, 3.8) is 0 Å². The molecule has 1 heterocycles. The van der Waals surface area contributed by atoms with Crippen LogP contribution in [0.15, 0.2) is 53.4 Å². The minimum Gasteiger partial charge on any atom is -0.492 e. The zero-order valence-corrected chi connectivity index (χ0v) is 18.9. The molecule has 1 saturated heterocycles. The second kappa shape index (κ2) is 10.6. The molecule has 1 fully saturated rings. The third kappa shape index (κ3) is 6.45. The number of piperidine rings is 1. The van der Waals surface area contributed by atoms with Crippen molar-refractivity contribution in [2.45, 2.75) is 31.6 Å². The van der Waals surface area contributed by atoms with Gasteiger partial charge in [0.15, 0.2) is 6.61 Å². The van der Waals surface area contributed by atoms with E-state index in [0.29, 0.717) is 37.7 Å². The maximum Gasteiger partial charge on any atom is 0.260 e. The summed E-state index contributed by atoms with van der Waals surface area (Å²) in [5.41, 5.74) is 0.855. The second-order valence-corrected chi connectivity index (χ2v) is 9.40. The molecule has 0 atom stereocenters. The smallest absolute Gasteiger partial charge is 0.260 e. The van der Waals surface area contributed by atoms with Gasteiger partial charge in [-0.25, -0.2) is 13.1 Å². The van der Waals surface area contributed by atoms with Crippen LogP contribution in [0.1, 0.15) is 25.3 Å². The third-order valence-electron chi connectivity index (χ3n) is 5.32. The predicted molar refractivity (Wildman–Crippen MR) is 119 cm³/mol. The van der Waals surface area contributed by atoms with Crippen LogP contribution in [0.2, 0.25) is 0 Å². The van der Waals surface area contributed by atoms with Gasteiger partial charge in [0.05, 0.1) is 6.61 Å². The van der Waals surface area contributed by atoms with Gasteiger partial charge < -0.3 is 14.4 Å². The number of carbonyl (C=O) groups is 1. The first-order valence-electron chi connectivity index (χ1n) is 10.6. The van der Waals surface area contributed by atoms with Gasteiger partial charge in [0.25, 0.3) is 5.91 Å². The summed E-state index contributed by atoms with van der Waals surface area (Å²) in [7, 11) is -3.68. The van der Waals surface area contributed by atoms with Crippen LogP contribution in [0.3, 0.4) is 0 Å². The first-order chi connectivity index (χ1) is 14.9. The minimum absolute atomic E-state index is 0.00880. The highest BCUT2D eigenvalue weighted by atomic mass is 32.2. The molecule has 0 saturated carbocycles. The van der Waals surface area contributed by atoms with Gasteiger partial charge in [0.2, 0.25) is 10.0 Å². The Morgan fingerprint density at radius 2 is 1.81 bits per heavy atom. The summed E-state index contributed by atoms with van der Waals surface area (Å²) in [6.07, 6.45) is 1.48. The zero-order chi connectivity index (χ0) is 22.3. The van der Waals surface area contributed by atoms with Gasteiger partial charge >= 0.3 is 0 Å². The Bertz CT molecular complexity index is 971. The summed E-state index contributed by atoms with van der Waals surface area (Å²) in [5, 5.41) is 0. The molecule has 3 rings (SSSR count). The molecule has 2 aromatic rings. The summed E-state index contributed by atoms with van der Waals surface area (Å²) >= 11 is 0. The lowest BCUT2D eigenvalue weighted by Crippen LogP contribution is -2.43. The molecule has 0 aliphatic carbocycles. The third-order valence-corrected chi connectivity index (χ3v) is 6.77. The van der Waals surface area contributed by atoms with Crippen molar-refractivity contribution in [3.05, 3.63) is 54.1 Å². The topological polar surface area (TPSA) is 84.9 Å². The number of para-hydroxylation sites is 1. The number of nitrogens with zero attached hydrogens (tertiary/aromatic N) is 1. The maximum atomic E-state index is 12.8. The first-order valence-corrected chi connectivity index (χ1v) is 12.1. The molecule has 0 spiro atoms. The van der Waals surface area contributed by atoms with E-state index in [0.717, 1.165) is 18.4 Å². The van der Waals surface area contributed by atoms with Crippen molar-refractivity contribution in [1.82, 2.24) is 9.62 Å². The van der Waals surface area contributed by atoms with Crippen LogP contribution in [0.25, 0.3) is 0 Å². The van der Waals surface area contributed by atoms with Crippen molar-refractivity contribution in [2.24, 2.45) is 5.92 Å². The van der Waals surface area contributed by atoms with E-state index < -0.39 is 10.0 Å². The summed E-state index contributed by atoms with van der Waals surface area (Å²) in [4.78, 5) is 14.3. The van der Waals surface area contributed by atoms with Crippen molar-refractivity contribution in [3.8, 4) is 11.5 Å². The summed E-state index contributed by atoms with van der Waals surface area (Å²) in [6.45, 7) is 5.61. The molecule has 8 heteroatoms. The fourth-order valence-electron chi connectivity index (χ4n) is 3.54. The Morgan fingerprint density at radius 1 is 1.10 bits per heavy atom. The lowest BCUT2D eigenvalue weighted by atomic mass is 9.97. The monoisotopic (exact) mass is 446 g/mol. The van der Waals surface area contributed by atoms with Crippen molar-refractivity contribution < 1.29 is 22.7 Å². The number of rotatable bonds is 9. The maximum absolute atomic E-state index is 12.8. The van der Waals surface area contributed by atoms with Crippen molar-refractivity contribution in [1.29, 1.82) is 0 Å². The summed E-state index contributed by atoms with van der Waals surface area (Å²) < 4.78 is 39.4. The number of likely N-dealkylation sites (tertiary alicyclic amines) is 1. The van der Waals surface area contributed by atoms with Crippen LogP contribution in [-0.2, 0) is 14.8 Å². The highest BCUT2D eigenvalue weighted by molar-refractivity contribution is 7.89. The molecule has 0 aromatic heterocycles. The van der Waals surface area contributed by atoms with E-state index in [4.69, 9.17) is 9.47 Å². The largest absolute Gasteiger partial charge is 0.492 e. The molecule has 1 amide bonds. The standard InChI is InChI=1S/C23H30N2O5S/c1-3-29-21-10-9-18(2)15-22(21)31(27,28)24-16-19-11-13-25(14-12-19)23(26)17-30-20-7-5-4-6-8-20/h4-10,15,19,24H,3,11-14,16-17H2,1-2H3. The normalized spacial score (nSPS) is 15.0. The van der Waals surface area contributed by atoms with Gasteiger partial charge in [-0.05, 0) is 62.4 Å². The lowest BCUT2D eigenvalue weighted by molar-refractivity contribution is -0.134. The molecule has 31 heavy (non-hydrogen) atoms. The Morgan fingerprint density at radius 3 is 2.48 bits per heavy atom. The Hall–Kier alpha value is -2.58. The number of benzene rings is 2. The summed E-state index contributed by atoms with van der Waals surface area (Å²) in [5.74, 6) is 1.15. The summed E-state index contributed by atoms with van der Waals surface area (Å²) in [6, 6.07) is 14.4. The Kier molecular flexibility index (Phi) is 7.92. The van der Waals surface area contributed by atoms with Gasteiger partial charge in [0.1, 0.15) is 16.4 Å². The zero-order valence-electron chi connectivity index (χ0n) is 18.0. The van der Waals surface area contributed by atoms with Crippen LogP contribution >= 0.6 is 0 Å². The van der Waals surface area contributed by atoms with Crippen LogP contribution in [0.5, 0.6) is 11.5 Å². The number of aryl methyl sites for hydroxylation is 1. The lowest BCUT2D eigenvalue weighted by Gasteiger charge is -2.32. The molecule has 0 radical (unpaired) electrons. The fourth-order valence-corrected chi connectivity index (χ4v) is 4.89. The van der Waals surface area contributed by atoms with E-state index in [2.05, 4.69) is 4.72 Å². The number of amides is 1. The van der Waals surface area contributed by atoms with E-state index in [-0.39, 0.29) is 23.3 Å². The molecule has 0 bridgehead atoms. The average molecular weight is 447 g/mol. The molecule has 1 N–H and O–H groups in total. The van der Waals surface area contributed by atoms with Crippen molar-refractivity contribution in [2.75, 3.05) is 32.8 Å². The van der Waals surface area contributed by atoms with Crippen LogP contribution < -0.4 is 14.2 Å². The van der Waals surface area contributed by atoms with Crippen LogP contribution in [-0.4, -0.2) is 52.1 Å². The van der Waals surface area contributed by atoms with E-state index in [9.17, 15) is 13.2 Å². The molecule has 2 aromatic carbocycles. The van der Waals surface area contributed by atoms with Gasteiger partial charge in [-0.2, -0.15) is 0 Å². The van der Waals surface area contributed by atoms with Gasteiger partial charge in [-0.3, -0.25) is 4.79 Å². The molecule has 7 nitrogen and oxygen atoms in total. The van der Waals surface area contributed by atoms with Crippen LogP contribution in [0.4, 0.5) is 0 Å². The molecular weight excluding hydrogens is 416 g/mol. The number of ether oxygens (including phenoxy) is 2. The highest BCUT2D eigenvalue weighted by Gasteiger charge is 2.26. The predicted octanol–water partition coefficient (Wildman–Crippen LogP) is 2.99. The molecule has 0 unspecified atom stereocenters. The average Bonchev–Trinajstić information content (AvgIpc) is 2.78. The molecular formula is C23H30N2O5S. The number of hydrogen-bond donors (Lipinski definition) is 1. The quantitative estimate of drug-likeness (QED) is 0.640. The fraction of sp³-hybridized carbons (Fsp3) is 0.435. The van der Waals surface area contributed by atoms with Crippen LogP contribution in [0, 0.1) is 12.8 Å². The van der Waals surface area contributed by atoms with Gasteiger partial charge in [-0.1, -0.05) is 24.3 Å². The number of nitrogens with one attached hydrogen (secondary N) is 1. The Balaban J connectivity index is 1.49.